The number of aliphatic hydroxyl groups excluding tert-OH is 1. The lowest BCUT2D eigenvalue weighted by atomic mass is 9.71. The molecule has 2 N–H and O–H groups in total. The number of piperidine rings is 1. The summed E-state index contributed by atoms with van der Waals surface area (Å²) in [5.41, 5.74) is -0.0552. The SMILES string of the molecule is COc1ccccc1C(=O)N1CC[C@](Cc2ccccc2)(C(=O)O)[C@H](O)C1. The van der Waals surface area contributed by atoms with Crippen LogP contribution in [0.15, 0.2) is 54.6 Å². The number of carbonyl (C=O) groups excluding carboxylic acids is 1. The summed E-state index contributed by atoms with van der Waals surface area (Å²) >= 11 is 0. The first kappa shape index (κ1) is 18.9. The Bertz CT molecular complexity index is 822. The zero-order chi connectivity index (χ0) is 19.4. The van der Waals surface area contributed by atoms with E-state index in [2.05, 4.69) is 0 Å². The van der Waals surface area contributed by atoms with Crippen molar-refractivity contribution < 1.29 is 24.5 Å². The van der Waals surface area contributed by atoms with Crippen molar-refractivity contribution in [1.82, 2.24) is 4.90 Å². The van der Waals surface area contributed by atoms with Crippen LogP contribution in [0.25, 0.3) is 0 Å². The summed E-state index contributed by atoms with van der Waals surface area (Å²) < 4.78 is 5.24. The Kier molecular flexibility index (Phi) is 5.46. The fourth-order valence-corrected chi connectivity index (χ4v) is 3.64. The van der Waals surface area contributed by atoms with Crippen LogP contribution < -0.4 is 4.74 Å². The first-order valence-electron chi connectivity index (χ1n) is 8.85. The van der Waals surface area contributed by atoms with E-state index >= 15 is 0 Å². The van der Waals surface area contributed by atoms with Crippen LogP contribution >= 0.6 is 0 Å². The third-order valence-corrected chi connectivity index (χ3v) is 5.27. The highest BCUT2D eigenvalue weighted by molar-refractivity contribution is 5.97. The Balaban J connectivity index is 1.81. The molecular formula is C21H23NO5. The summed E-state index contributed by atoms with van der Waals surface area (Å²) in [5.74, 6) is -0.857. The van der Waals surface area contributed by atoms with Crippen LogP contribution in [0.3, 0.4) is 0 Å². The van der Waals surface area contributed by atoms with Crippen molar-refractivity contribution in [2.75, 3.05) is 20.2 Å². The molecule has 27 heavy (non-hydrogen) atoms. The lowest BCUT2D eigenvalue weighted by Crippen LogP contribution is -2.57. The number of amides is 1. The van der Waals surface area contributed by atoms with Crippen molar-refractivity contribution in [3.05, 3.63) is 65.7 Å². The van der Waals surface area contributed by atoms with Gasteiger partial charge in [-0.2, -0.15) is 0 Å². The molecule has 142 valence electrons. The smallest absolute Gasteiger partial charge is 0.312 e. The third-order valence-electron chi connectivity index (χ3n) is 5.27. The predicted molar refractivity (Wildman–Crippen MR) is 99.7 cm³/mol. The number of hydrogen-bond acceptors (Lipinski definition) is 4. The molecule has 0 unspecified atom stereocenters. The second-order valence-electron chi connectivity index (χ2n) is 6.84. The highest BCUT2D eigenvalue weighted by Crippen LogP contribution is 2.37. The van der Waals surface area contributed by atoms with Gasteiger partial charge in [0, 0.05) is 13.1 Å². The molecular weight excluding hydrogens is 346 g/mol. The molecule has 1 aliphatic rings. The summed E-state index contributed by atoms with van der Waals surface area (Å²) in [4.78, 5) is 26.4. The molecule has 1 saturated heterocycles. The topological polar surface area (TPSA) is 87.1 Å². The number of carboxylic acids is 1. The summed E-state index contributed by atoms with van der Waals surface area (Å²) in [6, 6.07) is 16.1. The van der Waals surface area contributed by atoms with E-state index in [1.165, 1.54) is 12.0 Å². The maximum absolute atomic E-state index is 12.9. The molecule has 0 aliphatic carbocycles. The third kappa shape index (κ3) is 3.66. The lowest BCUT2D eigenvalue weighted by Gasteiger charge is -2.43. The molecule has 0 spiro atoms. The van der Waals surface area contributed by atoms with Gasteiger partial charge in [0.05, 0.1) is 18.8 Å². The number of ether oxygens (including phenoxy) is 1. The van der Waals surface area contributed by atoms with Crippen LogP contribution in [0.5, 0.6) is 5.75 Å². The van der Waals surface area contributed by atoms with Crippen LogP contribution in [-0.4, -0.2) is 53.3 Å². The standard InChI is InChI=1S/C21H23NO5/c1-27-17-10-6-5-9-16(17)19(24)22-12-11-21(20(25)26,18(23)14-22)13-15-7-3-2-4-8-15/h2-10,18,23H,11-14H2,1H3,(H,25,26)/t18-,21-/m1/s1. The Morgan fingerprint density at radius 1 is 1.15 bits per heavy atom. The monoisotopic (exact) mass is 369 g/mol. The highest BCUT2D eigenvalue weighted by atomic mass is 16.5. The van der Waals surface area contributed by atoms with Crippen LogP contribution in [0.2, 0.25) is 0 Å². The maximum atomic E-state index is 12.9. The molecule has 0 radical (unpaired) electrons. The van der Waals surface area contributed by atoms with Gasteiger partial charge in [-0.1, -0.05) is 42.5 Å². The van der Waals surface area contributed by atoms with Gasteiger partial charge in [-0.25, -0.2) is 0 Å². The summed E-state index contributed by atoms with van der Waals surface area (Å²) in [6.07, 6.45) is -0.761. The molecule has 2 aromatic carbocycles. The number of likely N-dealkylation sites (tertiary alicyclic amines) is 1. The van der Waals surface area contributed by atoms with Gasteiger partial charge in [-0.3, -0.25) is 9.59 Å². The number of hydrogen-bond donors (Lipinski definition) is 2. The van der Waals surface area contributed by atoms with E-state index in [9.17, 15) is 19.8 Å². The molecule has 1 aliphatic heterocycles. The number of aliphatic hydroxyl groups is 1. The minimum atomic E-state index is -1.31. The van der Waals surface area contributed by atoms with Gasteiger partial charge in [0.25, 0.3) is 5.91 Å². The number of nitrogens with zero attached hydrogens (tertiary/aromatic N) is 1. The second-order valence-corrected chi connectivity index (χ2v) is 6.84. The molecule has 1 heterocycles. The quantitative estimate of drug-likeness (QED) is 0.844. The minimum absolute atomic E-state index is 0.0317. The predicted octanol–water partition coefficient (Wildman–Crippen LogP) is 2.22. The number of rotatable bonds is 5. The Hall–Kier alpha value is -2.86. The number of carbonyl (C=O) groups is 2. The van der Waals surface area contributed by atoms with E-state index in [1.807, 2.05) is 30.3 Å². The van der Waals surface area contributed by atoms with Crippen molar-refractivity contribution in [3.8, 4) is 5.75 Å². The van der Waals surface area contributed by atoms with Crippen LogP contribution in [0, 0.1) is 5.41 Å². The van der Waals surface area contributed by atoms with Crippen LogP contribution in [0.1, 0.15) is 22.3 Å². The summed E-state index contributed by atoms with van der Waals surface area (Å²) in [5, 5.41) is 20.6. The number of methoxy groups -OCH3 is 1. The van der Waals surface area contributed by atoms with Gasteiger partial charge in [-0.15, -0.1) is 0 Å². The molecule has 6 heteroatoms. The van der Waals surface area contributed by atoms with E-state index in [4.69, 9.17) is 4.74 Å². The fourth-order valence-electron chi connectivity index (χ4n) is 3.64. The van der Waals surface area contributed by atoms with Gasteiger partial charge in [-0.05, 0) is 30.5 Å². The lowest BCUT2D eigenvalue weighted by molar-refractivity contribution is -0.161. The average Bonchev–Trinajstić information content (AvgIpc) is 2.69. The second kappa shape index (κ2) is 7.80. The zero-order valence-electron chi connectivity index (χ0n) is 15.2. The summed E-state index contributed by atoms with van der Waals surface area (Å²) in [6.45, 7) is 0.225. The number of carboxylic acid groups (broad SMARTS) is 1. The van der Waals surface area contributed by atoms with E-state index in [-0.39, 0.29) is 31.8 Å². The molecule has 2 aromatic rings. The first-order valence-corrected chi connectivity index (χ1v) is 8.85. The molecule has 0 saturated carbocycles. The van der Waals surface area contributed by atoms with Crippen molar-refractivity contribution in [2.24, 2.45) is 5.41 Å². The van der Waals surface area contributed by atoms with Gasteiger partial charge >= 0.3 is 5.97 Å². The largest absolute Gasteiger partial charge is 0.496 e. The Labute approximate surface area is 158 Å². The number of β-amino-alcohol motifs (C(OH)–C–C–N with tert-alkyl or cyclic N) is 1. The zero-order valence-corrected chi connectivity index (χ0v) is 15.2. The van der Waals surface area contributed by atoms with Crippen LogP contribution in [-0.2, 0) is 11.2 Å². The molecule has 2 atom stereocenters. The van der Waals surface area contributed by atoms with Crippen molar-refractivity contribution in [3.63, 3.8) is 0 Å². The molecule has 0 aromatic heterocycles. The Morgan fingerprint density at radius 3 is 2.44 bits per heavy atom. The number of benzene rings is 2. The highest BCUT2D eigenvalue weighted by Gasteiger charge is 2.49. The Morgan fingerprint density at radius 2 is 1.81 bits per heavy atom. The average molecular weight is 369 g/mol. The van der Waals surface area contributed by atoms with Crippen LogP contribution in [0.4, 0.5) is 0 Å². The van der Waals surface area contributed by atoms with Gasteiger partial charge in [0.1, 0.15) is 11.2 Å². The van der Waals surface area contributed by atoms with Crippen molar-refractivity contribution in [1.29, 1.82) is 0 Å². The molecule has 1 fully saturated rings. The van der Waals surface area contributed by atoms with Gasteiger partial charge < -0.3 is 19.8 Å². The molecule has 3 rings (SSSR count). The van der Waals surface area contributed by atoms with E-state index < -0.39 is 17.5 Å². The number of para-hydroxylation sites is 1. The fraction of sp³-hybridized carbons (Fsp3) is 0.333. The minimum Gasteiger partial charge on any atom is -0.496 e. The first-order chi connectivity index (χ1) is 13.0. The molecule has 0 bridgehead atoms. The number of aliphatic carboxylic acids is 1. The summed E-state index contributed by atoms with van der Waals surface area (Å²) in [7, 11) is 1.49. The van der Waals surface area contributed by atoms with E-state index in [0.717, 1.165) is 5.56 Å². The van der Waals surface area contributed by atoms with Gasteiger partial charge in [0.15, 0.2) is 0 Å². The van der Waals surface area contributed by atoms with E-state index in [1.54, 1.807) is 24.3 Å². The van der Waals surface area contributed by atoms with E-state index in [0.29, 0.717) is 11.3 Å². The molecule has 6 nitrogen and oxygen atoms in total. The normalized spacial score (nSPS) is 22.3. The van der Waals surface area contributed by atoms with Crippen molar-refractivity contribution >= 4 is 11.9 Å². The maximum Gasteiger partial charge on any atom is 0.312 e. The van der Waals surface area contributed by atoms with Crippen molar-refractivity contribution in [2.45, 2.75) is 18.9 Å². The van der Waals surface area contributed by atoms with Gasteiger partial charge in [0.2, 0.25) is 0 Å². The molecule has 1 amide bonds.